The summed E-state index contributed by atoms with van der Waals surface area (Å²) in [6.07, 6.45) is 6.81. The second-order valence-electron chi connectivity index (χ2n) is 9.80. The van der Waals surface area contributed by atoms with Gasteiger partial charge < -0.3 is 15.0 Å². The van der Waals surface area contributed by atoms with Gasteiger partial charge in [0.25, 0.3) is 0 Å². The Morgan fingerprint density at radius 3 is 2.26 bits per heavy atom. The maximum atomic E-state index is 13.5. The van der Waals surface area contributed by atoms with E-state index in [0.29, 0.717) is 22.9 Å². The molecule has 1 N–H and O–H groups in total. The van der Waals surface area contributed by atoms with Crippen molar-refractivity contribution in [2.24, 2.45) is 0 Å². The Balaban J connectivity index is 1.71. The number of halogens is 1. The summed E-state index contributed by atoms with van der Waals surface area (Å²) >= 11 is 5.95. The molecule has 1 atom stereocenters. The molecule has 10 heteroatoms. The van der Waals surface area contributed by atoms with Crippen molar-refractivity contribution in [2.45, 2.75) is 70.5 Å². The third-order valence-corrected chi connectivity index (χ3v) is 8.34. The zero-order valence-electron chi connectivity index (χ0n) is 22.4. The van der Waals surface area contributed by atoms with Gasteiger partial charge in [-0.15, -0.1) is 0 Å². The van der Waals surface area contributed by atoms with E-state index in [-0.39, 0.29) is 37.4 Å². The Morgan fingerprint density at radius 1 is 1.05 bits per heavy atom. The summed E-state index contributed by atoms with van der Waals surface area (Å²) < 4.78 is 31.4. The Labute approximate surface area is 231 Å². The summed E-state index contributed by atoms with van der Waals surface area (Å²) in [5, 5.41) is 3.63. The van der Waals surface area contributed by atoms with Gasteiger partial charge in [0, 0.05) is 30.6 Å². The minimum atomic E-state index is -3.56. The predicted octanol–water partition coefficient (Wildman–Crippen LogP) is 4.76. The van der Waals surface area contributed by atoms with E-state index in [4.69, 9.17) is 16.3 Å². The van der Waals surface area contributed by atoms with Gasteiger partial charge in [0.15, 0.2) is 0 Å². The lowest BCUT2D eigenvalue weighted by Gasteiger charge is -2.31. The van der Waals surface area contributed by atoms with Crippen LogP contribution >= 0.6 is 11.6 Å². The van der Waals surface area contributed by atoms with Crippen molar-refractivity contribution >= 4 is 39.1 Å². The second kappa shape index (κ2) is 13.8. The lowest BCUT2D eigenvalue weighted by atomic mass is 9.95. The van der Waals surface area contributed by atoms with E-state index < -0.39 is 16.1 Å². The average Bonchev–Trinajstić information content (AvgIpc) is 2.90. The van der Waals surface area contributed by atoms with Crippen LogP contribution in [0.3, 0.4) is 0 Å². The fourth-order valence-corrected chi connectivity index (χ4v) is 5.78. The van der Waals surface area contributed by atoms with Crippen LogP contribution in [0.4, 0.5) is 5.69 Å². The number of ether oxygens (including phenoxy) is 1. The number of hydrogen-bond acceptors (Lipinski definition) is 5. The zero-order chi connectivity index (χ0) is 27.7. The molecule has 0 spiro atoms. The van der Waals surface area contributed by atoms with Crippen LogP contribution in [0.2, 0.25) is 5.02 Å². The largest absolute Gasteiger partial charge is 0.497 e. The van der Waals surface area contributed by atoms with E-state index in [1.54, 1.807) is 43.2 Å². The van der Waals surface area contributed by atoms with Crippen LogP contribution in [-0.2, 0) is 26.2 Å². The number of carbonyl (C=O) groups excluding carboxylic acids is 2. The first-order valence-corrected chi connectivity index (χ1v) is 15.3. The van der Waals surface area contributed by atoms with E-state index in [2.05, 4.69) is 5.32 Å². The van der Waals surface area contributed by atoms with Crippen molar-refractivity contribution in [1.82, 2.24) is 10.2 Å². The highest BCUT2D eigenvalue weighted by molar-refractivity contribution is 7.92. The molecule has 2 amide bonds. The number of hydrogen-bond donors (Lipinski definition) is 1. The Bertz CT molecular complexity index is 1170. The molecule has 0 aliphatic heterocycles. The van der Waals surface area contributed by atoms with Gasteiger partial charge in [-0.2, -0.15) is 0 Å². The maximum absolute atomic E-state index is 13.5. The van der Waals surface area contributed by atoms with Crippen molar-refractivity contribution in [3.63, 3.8) is 0 Å². The van der Waals surface area contributed by atoms with Gasteiger partial charge in [-0.3, -0.25) is 13.9 Å². The van der Waals surface area contributed by atoms with Crippen LogP contribution in [0.15, 0.2) is 48.5 Å². The van der Waals surface area contributed by atoms with Crippen molar-refractivity contribution in [1.29, 1.82) is 0 Å². The first kappa shape index (κ1) is 29.8. The third-order valence-electron chi connectivity index (χ3n) is 6.90. The Morgan fingerprint density at radius 2 is 1.68 bits per heavy atom. The average molecular weight is 564 g/mol. The van der Waals surface area contributed by atoms with E-state index in [1.165, 1.54) is 10.7 Å². The molecular formula is C28H38ClN3O5S. The molecule has 1 fully saturated rings. The molecule has 0 unspecified atom stereocenters. The SMILES string of the molecule is COc1ccc(CN(C(=O)CCCN(c2ccc(Cl)cc2)S(C)(=O)=O)[C@@H](C)C(=O)NC2CCCCC2)cc1. The number of sulfonamides is 1. The van der Waals surface area contributed by atoms with Crippen molar-refractivity contribution < 1.29 is 22.7 Å². The summed E-state index contributed by atoms with van der Waals surface area (Å²) in [7, 11) is -1.97. The van der Waals surface area contributed by atoms with E-state index in [0.717, 1.165) is 37.5 Å². The number of amides is 2. The molecule has 2 aromatic carbocycles. The molecule has 0 saturated heterocycles. The highest BCUT2D eigenvalue weighted by Crippen LogP contribution is 2.22. The van der Waals surface area contributed by atoms with Gasteiger partial charge in [-0.1, -0.05) is 43.0 Å². The topological polar surface area (TPSA) is 96.0 Å². The molecule has 1 aliphatic carbocycles. The van der Waals surface area contributed by atoms with Crippen LogP contribution < -0.4 is 14.4 Å². The quantitative estimate of drug-likeness (QED) is 0.401. The van der Waals surface area contributed by atoms with Crippen LogP contribution in [0.25, 0.3) is 0 Å². The lowest BCUT2D eigenvalue weighted by molar-refractivity contribution is -0.141. The standard InChI is InChI=1S/C28H38ClN3O5S/c1-21(28(34)30-24-8-5-4-6-9-24)31(20-22-11-17-26(37-2)18-12-22)27(33)10-7-19-32(38(3,35)36)25-15-13-23(29)14-16-25/h11-18,21,24H,4-10,19-20H2,1-3H3,(H,30,34)/t21-/m0/s1. The Kier molecular flexibility index (Phi) is 10.8. The molecule has 1 aliphatic rings. The first-order chi connectivity index (χ1) is 18.1. The fourth-order valence-electron chi connectivity index (χ4n) is 4.69. The minimum absolute atomic E-state index is 0.0941. The highest BCUT2D eigenvalue weighted by Gasteiger charge is 2.28. The molecule has 8 nitrogen and oxygen atoms in total. The number of nitrogens with zero attached hydrogens (tertiary/aromatic N) is 2. The van der Waals surface area contributed by atoms with Crippen molar-refractivity contribution in [3.05, 3.63) is 59.1 Å². The van der Waals surface area contributed by atoms with Gasteiger partial charge >= 0.3 is 0 Å². The predicted molar refractivity (Wildman–Crippen MR) is 151 cm³/mol. The number of nitrogens with one attached hydrogen (secondary N) is 1. The number of rotatable bonds is 12. The van der Waals surface area contributed by atoms with Crippen LogP contribution in [-0.4, -0.2) is 57.1 Å². The van der Waals surface area contributed by atoms with Gasteiger partial charge in [0.2, 0.25) is 21.8 Å². The molecule has 2 aromatic rings. The Hall–Kier alpha value is -2.78. The molecular weight excluding hydrogens is 526 g/mol. The van der Waals surface area contributed by atoms with E-state index in [9.17, 15) is 18.0 Å². The normalized spacial score (nSPS) is 14.9. The van der Waals surface area contributed by atoms with Crippen molar-refractivity contribution in [2.75, 3.05) is 24.2 Å². The number of methoxy groups -OCH3 is 1. The summed E-state index contributed by atoms with van der Waals surface area (Å²) in [5.41, 5.74) is 1.36. The molecule has 0 heterocycles. The minimum Gasteiger partial charge on any atom is -0.497 e. The molecule has 38 heavy (non-hydrogen) atoms. The van der Waals surface area contributed by atoms with E-state index >= 15 is 0 Å². The molecule has 0 aromatic heterocycles. The zero-order valence-corrected chi connectivity index (χ0v) is 23.9. The fraction of sp³-hybridized carbons (Fsp3) is 0.500. The highest BCUT2D eigenvalue weighted by atomic mass is 35.5. The summed E-state index contributed by atoms with van der Waals surface area (Å²) in [5.74, 6) is 0.326. The van der Waals surface area contributed by atoms with Crippen LogP contribution in [0.5, 0.6) is 5.75 Å². The smallest absolute Gasteiger partial charge is 0.242 e. The van der Waals surface area contributed by atoms with Gasteiger partial charge in [0.05, 0.1) is 19.1 Å². The molecule has 3 rings (SSSR count). The lowest BCUT2D eigenvalue weighted by Crippen LogP contribution is -2.50. The van der Waals surface area contributed by atoms with Crippen molar-refractivity contribution in [3.8, 4) is 5.75 Å². The molecule has 1 saturated carbocycles. The van der Waals surface area contributed by atoms with Gasteiger partial charge in [0.1, 0.15) is 11.8 Å². The van der Waals surface area contributed by atoms with Gasteiger partial charge in [-0.05, 0) is 68.1 Å². The number of benzene rings is 2. The van der Waals surface area contributed by atoms with E-state index in [1.807, 2.05) is 24.3 Å². The molecule has 208 valence electrons. The van der Waals surface area contributed by atoms with Gasteiger partial charge in [-0.25, -0.2) is 8.42 Å². The maximum Gasteiger partial charge on any atom is 0.242 e. The second-order valence-corrected chi connectivity index (χ2v) is 12.1. The summed E-state index contributed by atoms with van der Waals surface area (Å²) in [6.45, 7) is 2.14. The number of anilines is 1. The molecule has 0 bridgehead atoms. The number of carbonyl (C=O) groups is 2. The first-order valence-electron chi connectivity index (χ1n) is 13.0. The summed E-state index contributed by atoms with van der Waals surface area (Å²) in [4.78, 5) is 28.2. The van der Waals surface area contributed by atoms with Crippen LogP contribution in [0, 0.1) is 0 Å². The third kappa shape index (κ3) is 8.63. The molecule has 0 radical (unpaired) electrons. The monoisotopic (exact) mass is 563 g/mol. The summed E-state index contributed by atoms with van der Waals surface area (Å²) in [6, 6.07) is 13.4. The van der Waals surface area contributed by atoms with Crippen LogP contribution in [0.1, 0.15) is 57.4 Å².